The molecule has 1 aromatic rings. The van der Waals surface area contributed by atoms with Crippen molar-refractivity contribution in [2.24, 2.45) is 0 Å². The van der Waals surface area contributed by atoms with E-state index >= 15 is 0 Å². The predicted octanol–water partition coefficient (Wildman–Crippen LogP) is 7.64. The first-order valence-electron chi connectivity index (χ1n) is 10.1. The van der Waals surface area contributed by atoms with Crippen LogP contribution in [-0.2, 0) is 0 Å². The first-order valence-corrected chi connectivity index (χ1v) is 13.8. The Labute approximate surface area is 205 Å². The second kappa shape index (κ2) is 9.86. The van der Waals surface area contributed by atoms with E-state index in [1.54, 1.807) is 20.2 Å². The van der Waals surface area contributed by atoms with Gasteiger partial charge in [0.2, 0.25) is 0 Å². The molecular weight excluding hydrogens is 561 g/mol. The van der Waals surface area contributed by atoms with E-state index < -0.39 is 56.3 Å². The van der Waals surface area contributed by atoms with Crippen LogP contribution in [0.2, 0.25) is 19.1 Å². The van der Waals surface area contributed by atoms with Crippen molar-refractivity contribution in [1.29, 1.82) is 0 Å². The Balaban J connectivity index is 3.29. The SMILES string of the molecule is C[C@H](c1ccc([Si](C)(C)CCC(F)(F)C(F)(F)C(F)(F)C(F)(F)C(F)(F)C(F)(F)F)cc1S)N(C)C. The molecule has 0 saturated heterocycles. The maximum absolute atomic E-state index is 14.2. The van der Waals surface area contributed by atoms with Crippen LogP contribution in [-0.4, -0.2) is 62.9 Å². The highest BCUT2D eigenvalue weighted by Gasteiger charge is 2.90. The van der Waals surface area contributed by atoms with Crippen LogP contribution in [0.1, 0.15) is 24.9 Å². The van der Waals surface area contributed by atoms with Gasteiger partial charge < -0.3 is 4.90 Å². The molecule has 0 radical (unpaired) electrons. The van der Waals surface area contributed by atoms with E-state index in [1.165, 1.54) is 25.2 Å². The molecule has 0 aliphatic heterocycles. The number of hydrogen-bond donors (Lipinski definition) is 1. The highest BCUT2D eigenvalue weighted by atomic mass is 32.1. The van der Waals surface area contributed by atoms with Gasteiger partial charge in [-0.25, -0.2) is 0 Å². The standard InChI is InChI=1S/C20H24F13NSSi/c1-11(34(2)3)13-7-6-12(10-14(13)35)36(4,5)9-8-15(21,22)16(23,24)17(25,26)18(27,28)19(29,30)20(31,32)33/h6-7,10-11,35H,8-9H2,1-5H3/t11-/m1/s1. The zero-order valence-electron chi connectivity index (χ0n) is 19.5. The Morgan fingerprint density at radius 2 is 1.22 bits per heavy atom. The molecule has 0 bridgehead atoms. The minimum atomic E-state index is -7.88. The molecule has 0 spiro atoms. The molecule has 0 amide bonds. The van der Waals surface area contributed by atoms with E-state index in [0.717, 1.165) is 0 Å². The summed E-state index contributed by atoms with van der Waals surface area (Å²) in [5.41, 5.74) is 0.709. The fraction of sp³-hybridized carbons (Fsp3) is 0.700. The maximum atomic E-state index is 14.2. The second-order valence-corrected chi connectivity index (χ2v) is 14.6. The van der Waals surface area contributed by atoms with Gasteiger partial charge in [-0.1, -0.05) is 30.4 Å². The number of alkyl halides is 13. The summed E-state index contributed by atoms with van der Waals surface area (Å²) < 4.78 is 173. The number of rotatable bonds is 10. The van der Waals surface area contributed by atoms with Gasteiger partial charge in [0, 0.05) is 17.4 Å². The van der Waals surface area contributed by atoms with Gasteiger partial charge in [0.15, 0.2) is 0 Å². The van der Waals surface area contributed by atoms with E-state index in [9.17, 15) is 57.1 Å². The van der Waals surface area contributed by atoms with Crippen LogP contribution >= 0.6 is 12.6 Å². The zero-order valence-corrected chi connectivity index (χ0v) is 21.4. The molecule has 1 rings (SSSR count). The van der Waals surface area contributed by atoms with Crippen LogP contribution in [0.25, 0.3) is 0 Å². The molecule has 1 aromatic carbocycles. The van der Waals surface area contributed by atoms with Crippen molar-refractivity contribution in [2.45, 2.75) is 79.2 Å². The van der Waals surface area contributed by atoms with Gasteiger partial charge in [-0.05, 0) is 38.7 Å². The zero-order chi connectivity index (χ0) is 28.9. The number of thiol groups is 1. The van der Waals surface area contributed by atoms with E-state index in [-0.39, 0.29) is 6.04 Å². The molecule has 36 heavy (non-hydrogen) atoms. The fourth-order valence-corrected chi connectivity index (χ4v) is 5.99. The molecule has 0 aromatic heterocycles. The van der Waals surface area contributed by atoms with Crippen molar-refractivity contribution in [3.05, 3.63) is 23.8 Å². The summed E-state index contributed by atoms with van der Waals surface area (Å²) in [5.74, 6) is -36.7. The van der Waals surface area contributed by atoms with Gasteiger partial charge in [-0.15, -0.1) is 12.6 Å². The summed E-state index contributed by atoms with van der Waals surface area (Å²) in [6.07, 6.45) is -9.60. The normalized spacial score (nSPS) is 16.0. The Kier molecular flexibility index (Phi) is 9.00. The number of halogens is 13. The third-order valence-corrected chi connectivity index (χ3v) is 9.86. The molecule has 0 unspecified atom stereocenters. The lowest BCUT2D eigenvalue weighted by molar-refractivity contribution is -0.439. The van der Waals surface area contributed by atoms with E-state index in [4.69, 9.17) is 0 Å². The number of benzene rings is 1. The predicted molar refractivity (Wildman–Crippen MR) is 113 cm³/mol. The lowest BCUT2D eigenvalue weighted by atomic mass is 9.93. The third kappa shape index (κ3) is 5.49. The number of nitrogens with zero attached hydrogens (tertiary/aromatic N) is 1. The van der Waals surface area contributed by atoms with Crippen LogP contribution in [0.15, 0.2) is 23.1 Å². The van der Waals surface area contributed by atoms with Crippen molar-refractivity contribution >= 4 is 25.9 Å². The maximum Gasteiger partial charge on any atom is 0.460 e. The van der Waals surface area contributed by atoms with Crippen molar-refractivity contribution in [3.63, 3.8) is 0 Å². The minimum Gasteiger partial charge on any atom is -0.303 e. The summed E-state index contributed by atoms with van der Waals surface area (Å²) in [4.78, 5) is 2.21. The van der Waals surface area contributed by atoms with E-state index in [2.05, 4.69) is 12.6 Å². The topological polar surface area (TPSA) is 3.24 Å². The molecular formula is C20H24F13NSSi. The highest BCUT2D eigenvalue weighted by Crippen LogP contribution is 2.60. The average molecular weight is 586 g/mol. The van der Waals surface area contributed by atoms with Gasteiger partial charge in [-0.3, -0.25) is 0 Å². The van der Waals surface area contributed by atoms with Crippen molar-refractivity contribution in [2.75, 3.05) is 14.1 Å². The van der Waals surface area contributed by atoms with Gasteiger partial charge in [0.1, 0.15) is 0 Å². The molecule has 0 heterocycles. The highest BCUT2D eigenvalue weighted by molar-refractivity contribution is 7.80. The Bertz CT molecular complexity index is 929. The summed E-state index contributed by atoms with van der Waals surface area (Å²) in [7, 11) is 0.329. The van der Waals surface area contributed by atoms with Gasteiger partial charge in [0.05, 0.1) is 8.07 Å². The Hall–Kier alpha value is -1.16. The average Bonchev–Trinajstić information content (AvgIpc) is 2.70. The second-order valence-electron chi connectivity index (χ2n) is 9.30. The largest absolute Gasteiger partial charge is 0.460 e. The summed E-state index contributed by atoms with van der Waals surface area (Å²) >= 11 is 4.31. The molecule has 0 fully saturated rings. The molecule has 210 valence electrons. The van der Waals surface area contributed by atoms with Crippen molar-refractivity contribution in [3.8, 4) is 0 Å². The Morgan fingerprint density at radius 3 is 1.61 bits per heavy atom. The van der Waals surface area contributed by atoms with Crippen LogP contribution in [0, 0.1) is 0 Å². The molecule has 1 nitrogen and oxygen atoms in total. The van der Waals surface area contributed by atoms with Crippen LogP contribution in [0.3, 0.4) is 0 Å². The molecule has 1 atom stereocenters. The van der Waals surface area contributed by atoms with E-state index in [0.29, 0.717) is 15.6 Å². The summed E-state index contributed by atoms with van der Waals surface area (Å²) in [6.45, 7) is 4.55. The third-order valence-electron chi connectivity index (χ3n) is 6.10. The number of hydrogen-bond acceptors (Lipinski definition) is 2. The lowest BCUT2D eigenvalue weighted by Gasteiger charge is -2.40. The molecule has 0 aliphatic rings. The first-order chi connectivity index (χ1) is 15.7. The minimum absolute atomic E-state index is 0.141. The van der Waals surface area contributed by atoms with Crippen molar-refractivity contribution in [1.82, 2.24) is 4.90 Å². The van der Waals surface area contributed by atoms with E-state index in [1.807, 2.05) is 11.8 Å². The molecule has 0 aliphatic carbocycles. The molecule has 0 N–H and O–H groups in total. The van der Waals surface area contributed by atoms with Crippen LogP contribution in [0.5, 0.6) is 0 Å². The first kappa shape index (κ1) is 32.9. The van der Waals surface area contributed by atoms with Crippen LogP contribution in [0.4, 0.5) is 57.1 Å². The van der Waals surface area contributed by atoms with Gasteiger partial charge >= 0.3 is 35.8 Å². The lowest BCUT2D eigenvalue weighted by Crippen LogP contribution is -2.70. The van der Waals surface area contributed by atoms with Gasteiger partial charge in [-0.2, -0.15) is 57.1 Å². The Morgan fingerprint density at radius 1 is 0.778 bits per heavy atom. The molecule has 16 heteroatoms. The van der Waals surface area contributed by atoms with Crippen LogP contribution < -0.4 is 5.19 Å². The van der Waals surface area contributed by atoms with Crippen molar-refractivity contribution < 1.29 is 57.1 Å². The molecule has 0 saturated carbocycles. The fourth-order valence-electron chi connectivity index (χ4n) is 3.17. The summed E-state index contributed by atoms with van der Waals surface area (Å²) in [6, 6.07) is 3.44. The quantitative estimate of drug-likeness (QED) is 0.168. The smallest absolute Gasteiger partial charge is 0.303 e. The van der Waals surface area contributed by atoms with Gasteiger partial charge in [0.25, 0.3) is 0 Å². The summed E-state index contributed by atoms with van der Waals surface area (Å²) in [5, 5.41) is 0.349. The monoisotopic (exact) mass is 585 g/mol.